The second-order valence-corrected chi connectivity index (χ2v) is 4.78. The minimum Gasteiger partial charge on any atom is -0.360 e. The van der Waals surface area contributed by atoms with E-state index in [0.29, 0.717) is 11.6 Å². The van der Waals surface area contributed by atoms with Crippen molar-refractivity contribution in [3.63, 3.8) is 0 Å². The Kier molecular flexibility index (Phi) is 3.42. The van der Waals surface area contributed by atoms with Crippen molar-refractivity contribution in [2.45, 2.75) is 13.3 Å². The molecule has 3 rings (SSSR count). The number of pyridine rings is 1. The number of carbonyl (C=O) groups excluding carboxylic acids is 3. The van der Waals surface area contributed by atoms with Crippen LogP contribution in [0.1, 0.15) is 33.0 Å². The molecule has 2 aromatic heterocycles. The largest absolute Gasteiger partial charge is 0.360 e. The molecule has 1 N–H and O–H groups in total. The molecule has 0 aromatic carbocycles. The van der Waals surface area contributed by atoms with Crippen LogP contribution >= 0.6 is 0 Å². The molecule has 0 aliphatic carbocycles. The lowest BCUT2D eigenvalue weighted by atomic mass is 10.2. The highest BCUT2D eigenvalue weighted by Gasteiger charge is 2.36. The van der Waals surface area contributed by atoms with E-state index in [9.17, 15) is 14.4 Å². The van der Waals surface area contributed by atoms with Crippen LogP contribution in [0.5, 0.6) is 0 Å². The average Bonchev–Trinajstić information content (AvgIpc) is 3.01. The van der Waals surface area contributed by atoms with Gasteiger partial charge in [-0.25, -0.2) is 0 Å². The van der Waals surface area contributed by atoms with Gasteiger partial charge < -0.3 is 9.84 Å². The smallest absolute Gasteiger partial charge is 0.280 e. The Morgan fingerprint density at radius 3 is 2.86 bits per heavy atom. The number of rotatable bonds is 4. The Hall–Kier alpha value is -3.03. The number of nitrogens with one attached hydrogen (secondary N) is 1. The predicted molar refractivity (Wildman–Crippen MR) is 74.1 cm³/mol. The topological polar surface area (TPSA) is 105 Å². The Labute approximate surface area is 125 Å². The summed E-state index contributed by atoms with van der Waals surface area (Å²) in [7, 11) is 0. The number of amides is 3. The first-order chi connectivity index (χ1) is 10.6. The lowest BCUT2D eigenvalue weighted by Gasteiger charge is -2.12. The van der Waals surface area contributed by atoms with Crippen LogP contribution < -0.4 is 5.32 Å². The molecule has 0 bridgehead atoms. The number of fused-ring (bicyclic) bond motifs is 1. The van der Waals surface area contributed by atoms with Crippen LogP contribution in [-0.4, -0.2) is 39.3 Å². The summed E-state index contributed by atoms with van der Waals surface area (Å²) in [6.45, 7) is 1.69. The second kappa shape index (κ2) is 5.40. The molecule has 3 heterocycles. The highest BCUT2D eigenvalue weighted by Crippen LogP contribution is 2.20. The number of anilines is 1. The molecule has 0 atom stereocenters. The van der Waals surface area contributed by atoms with Crippen molar-refractivity contribution in [2.75, 3.05) is 11.9 Å². The molecule has 0 saturated heterocycles. The van der Waals surface area contributed by atoms with Crippen molar-refractivity contribution in [3.8, 4) is 0 Å². The number of hydrogen-bond acceptors (Lipinski definition) is 6. The molecule has 8 nitrogen and oxygen atoms in total. The van der Waals surface area contributed by atoms with Crippen LogP contribution in [0.4, 0.5) is 5.82 Å². The van der Waals surface area contributed by atoms with Gasteiger partial charge >= 0.3 is 0 Å². The quantitative estimate of drug-likeness (QED) is 0.844. The van der Waals surface area contributed by atoms with Gasteiger partial charge in [-0.05, 0) is 19.1 Å². The van der Waals surface area contributed by atoms with E-state index in [0.717, 1.165) is 4.90 Å². The summed E-state index contributed by atoms with van der Waals surface area (Å²) < 4.78 is 4.83. The summed E-state index contributed by atoms with van der Waals surface area (Å²) >= 11 is 0. The van der Waals surface area contributed by atoms with Crippen LogP contribution in [0, 0.1) is 6.92 Å². The first-order valence-corrected chi connectivity index (χ1v) is 6.60. The van der Waals surface area contributed by atoms with Crippen LogP contribution in [0.3, 0.4) is 0 Å². The number of carbonyl (C=O) groups is 3. The van der Waals surface area contributed by atoms with Gasteiger partial charge in [-0.15, -0.1) is 0 Å². The highest BCUT2D eigenvalue weighted by atomic mass is 16.5. The lowest BCUT2D eigenvalue weighted by Crippen LogP contribution is -2.33. The number of aromatic nitrogens is 2. The maximum Gasteiger partial charge on any atom is 0.280 e. The SMILES string of the molecule is Cc1cc(NC(=O)CCN2C(=O)c3cccnc3C2=O)no1. The molecular weight excluding hydrogens is 288 g/mol. The van der Waals surface area contributed by atoms with Gasteiger partial charge in [0.25, 0.3) is 11.8 Å². The van der Waals surface area contributed by atoms with Crippen molar-refractivity contribution in [2.24, 2.45) is 0 Å². The summed E-state index contributed by atoms with van der Waals surface area (Å²) in [5, 5.41) is 6.16. The fraction of sp³-hybridized carbons (Fsp3) is 0.214. The fourth-order valence-corrected chi connectivity index (χ4v) is 2.16. The van der Waals surface area contributed by atoms with E-state index in [1.807, 2.05) is 0 Å². The molecule has 2 aromatic rings. The Morgan fingerprint density at radius 1 is 1.36 bits per heavy atom. The second-order valence-electron chi connectivity index (χ2n) is 4.78. The average molecular weight is 300 g/mol. The maximum atomic E-state index is 12.1. The monoisotopic (exact) mass is 300 g/mol. The zero-order valence-electron chi connectivity index (χ0n) is 11.7. The zero-order chi connectivity index (χ0) is 15.7. The van der Waals surface area contributed by atoms with Gasteiger partial charge in [-0.1, -0.05) is 5.16 Å². The summed E-state index contributed by atoms with van der Waals surface area (Å²) in [6.07, 6.45) is 1.42. The van der Waals surface area contributed by atoms with Crippen molar-refractivity contribution < 1.29 is 18.9 Å². The minimum atomic E-state index is -0.481. The van der Waals surface area contributed by atoms with Gasteiger partial charge in [0.15, 0.2) is 5.82 Å². The highest BCUT2D eigenvalue weighted by molar-refractivity contribution is 6.20. The molecule has 22 heavy (non-hydrogen) atoms. The first-order valence-electron chi connectivity index (χ1n) is 6.60. The number of hydrogen-bond donors (Lipinski definition) is 1. The molecule has 0 fully saturated rings. The normalized spacial score (nSPS) is 13.4. The van der Waals surface area contributed by atoms with E-state index in [-0.39, 0.29) is 30.1 Å². The fourth-order valence-electron chi connectivity index (χ4n) is 2.16. The van der Waals surface area contributed by atoms with E-state index >= 15 is 0 Å². The molecule has 8 heteroatoms. The van der Waals surface area contributed by atoms with E-state index in [4.69, 9.17) is 4.52 Å². The molecule has 1 aliphatic heterocycles. The third-order valence-electron chi connectivity index (χ3n) is 3.19. The van der Waals surface area contributed by atoms with Gasteiger partial charge in [0, 0.05) is 25.2 Å². The maximum absolute atomic E-state index is 12.1. The van der Waals surface area contributed by atoms with Crippen LogP contribution in [-0.2, 0) is 4.79 Å². The summed E-state index contributed by atoms with van der Waals surface area (Å²) in [6, 6.07) is 4.71. The zero-order valence-corrected chi connectivity index (χ0v) is 11.7. The molecule has 1 aliphatic rings. The number of aryl methyl sites for hydroxylation is 1. The molecule has 112 valence electrons. The van der Waals surface area contributed by atoms with Crippen molar-refractivity contribution in [1.82, 2.24) is 15.0 Å². The molecule has 3 amide bonds. The van der Waals surface area contributed by atoms with Crippen molar-refractivity contribution >= 4 is 23.5 Å². The lowest BCUT2D eigenvalue weighted by molar-refractivity contribution is -0.116. The van der Waals surface area contributed by atoms with Gasteiger partial charge in [0.1, 0.15) is 11.5 Å². The van der Waals surface area contributed by atoms with Gasteiger partial charge in [0.2, 0.25) is 5.91 Å². The Morgan fingerprint density at radius 2 is 2.18 bits per heavy atom. The van der Waals surface area contributed by atoms with E-state index in [1.165, 1.54) is 6.20 Å². The van der Waals surface area contributed by atoms with Gasteiger partial charge in [-0.3, -0.25) is 24.3 Å². The minimum absolute atomic E-state index is 0.0172. The third kappa shape index (κ3) is 2.46. The molecule has 0 radical (unpaired) electrons. The number of nitrogens with zero attached hydrogens (tertiary/aromatic N) is 3. The molecule has 0 saturated carbocycles. The summed E-state index contributed by atoms with van der Waals surface area (Å²) in [4.78, 5) is 40.9. The molecule has 0 spiro atoms. The van der Waals surface area contributed by atoms with Gasteiger partial charge in [-0.2, -0.15) is 0 Å². The first kappa shape index (κ1) is 13.9. The molecule has 0 unspecified atom stereocenters. The van der Waals surface area contributed by atoms with Crippen LogP contribution in [0.2, 0.25) is 0 Å². The summed E-state index contributed by atoms with van der Waals surface area (Å²) in [5.41, 5.74) is 0.389. The summed E-state index contributed by atoms with van der Waals surface area (Å²) in [5.74, 6) is -0.407. The van der Waals surface area contributed by atoms with Crippen LogP contribution in [0.25, 0.3) is 0 Å². The third-order valence-corrected chi connectivity index (χ3v) is 3.19. The van der Waals surface area contributed by atoms with E-state index in [2.05, 4.69) is 15.5 Å². The Balaban J connectivity index is 1.62. The van der Waals surface area contributed by atoms with E-state index < -0.39 is 11.8 Å². The predicted octanol–water partition coefficient (Wildman–Crippen LogP) is 1.00. The Bertz CT molecular complexity index is 733. The number of imide groups is 1. The van der Waals surface area contributed by atoms with Crippen molar-refractivity contribution in [3.05, 3.63) is 41.4 Å². The molecular formula is C14H12N4O4. The van der Waals surface area contributed by atoms with E-state index in [1.54, 1.807) is 25.1 Å². The van der Waals surface area contributed by atoms with Crippen molar-refractivity contribution in [1.29, 1.82) is 0 Å². The van der Waals surface area contributed by atoms with Gasteiger partial charge in [0.05, 0.1) is 5.56 Å². The standard InChI is InChI=1S/C14H12N4O4/c1-8-7-10(17-22-8)16-11(19)4-6-18-13(20)9-3-2-5-15-12(9)14(18)21/h2-3,5,7H,4,6H2,1H3,(H,16,17,19). The van der Waals surface area contributed by atoms with Crippen LogP contribution in [0.15, 0.2) is 28.9 Å².